The van der Waals surface area contributed by atoms with Crippen LogP contribution in [-0.2, 0) is 33.6 Å². The molecule has 0 saturated heterocycles. The molecule has 0 bridgehead atoms. The number of halogens is 1. The third-order valence-corrected chi connectivity index (χ3v) is 7.03. The highest BCUT2D eigenvalue weighted by molar-refractivity contribution is 7.18. The van der Waals surface area contributed by atoms with Gasteiger partial charge < -0.3 is 15.0 Å². The Balaban J connectivity index is 1.32. The standard InChI is InChI=1S/C24H26FN3O4S/c1-13(15-7-9-16(25)10-8-15)26-22(30)14(2)32-20(29)12-11-19-27-23(31)21-17-5-3-4-6-18(17)33-24(21)28-19/h7-10,13-14H,3-6,11-12H2,1-2H3,(H,26,30)(H,27,28,31)/t13-,14+/m0/s1. The number of carbonyl (C=O) groups is 2. The highest BCUT2D eigenvalue weighted by atomic mass is 32.1. The Morgan fingerprint density at radius 3 is 2.70 bits per heavy atom. The van der Waals surface area contributed by atoms with Gasteiger partial charge >= 0.3 is 5.97 Å². The summed E-state index contributed by atoms with van der Waals surface area (Å²) in [6.07, 6.45) is 3.32. The number of H-pyrrole nitrogens is 1. The Kier molecular flexibility index (Phi) is 6.88. The maximum Gasteiger partial charge on any atom is 0.307 e. The van der Waals surface area contributed by atoms with Crippen molar-refractivity contribution in [2.75, 3.05) is 0 Å². The fourth-order valence-electron chi connectivity index (χ4n) is 4.02. The lowest BCUT2D eigenvalue weighted by Gasteiger charge is -2.18. The van der Waals surface area contributed by atoms with Crippen LogP contribution in [-0.4, -0.2) is 27.9 Å². The number of aromatic amines is 1. The van der Waals surface area contributed by atoms with Crippen molar-refractivity contribution in [2.45, 2.75) is 64.5 Å². The number of nitrogens with one attached hydrogen (secondary N) is 2. The number of hydrogen-bond donors (Lipinski definition) is 2. The number of thiophene rings is 1. The van der Waals surface area contributed by atoms with E-state index in [1.807, 2.05) is 0 Å². The van der Waals surface area contributed by atoms with Gasteiger partial charge in [0.25, 0.3) is 11.5 Å². The summed E-state index contributed by atoms with van der Waals surface area (Å²) < 4.78 is 18.3. The molecule has 2 atom stereocenters. The van der Waals surface area contributed by atoms with Crippen LogP contribution in [0.25, 0.3) is 10.2 Å². The summed E-state index contributed by atoms with van der Waals surface area (Å²) in [5.41, 5.74) is 1.70. The predicted octanol–water partition coefficient (Wildman–Crippen LogP) is 3.74. The number of ether oxygens (including phenoxy) is 1. The number of aryl methyl sites for hydroxylation is 3. The fraction of sp³-hybridized carbons (Fsp3) is 0.417. The third-order valence-electron chi connectivity index (χ3n) is 5.85. The molecule has 1 amide bonds. The minimum atomic E-state index is -0.987. The van der Waals surface area contributed by atoms with Crippen molar-refractivity contribution in [2.24, 2.45) is 0 Å². The van der Waals surface area contributed by atoms with Crippen molar-refractivity contribution in [1.82, 2.24) is 15.3 Å². The van der Waals surface area contributed by atoms with Gasteiger partial charge in [0.05, 0.1) is 17.8 Å². The minimum Gasteiger partial charge on any atom is -0.453 e. The largest absolute Gasteiger partial charge is 0.453 e. The van der Waals surface area contributed by atoms with Gasteiger partial charge in [-0.2, -0.15) is 0 Å². The molecule has 2 aromatic heterocycles. The van der Waals surface area contributed by atoms with E-state index in [1.54, 1.807) is 30.4 Å². The number of nitrogens with zero attached hydrogens (tertiary/aromatic N) is 1. The van der Waals surface area contributed by atoms with E-state index in [1.165, 1.54) is 23.9 Å². The van der Waals surface area contributed by atoms with E-state index in [4.69, 9.17) is 4.74 Å². The van der Waals surface area contributed by atoms with Gasteiger partial charge in [0.1, 0.15) is 16.5 Å². The highest BCUT2D eigenvalue weighted by Crippen LogP contribution is 2.33. The van der Waals surface area contributed by atoms with Crippen LogP contribution in [0.2, 0.25) is 0 Å². The predicted molar refractivity (Wildman–Crippen MR) is 124 cm³/mol. The lowest BCUT2D eigenvalue weighted by atomic mass is 9.97. The molecule has 1 aliphatic rings. The van der Waals surface area contributed by atoms with Gasteiger partial charge in [-0.05, 0) is 62.8 Å². The number of aromatic nitrogens is 2. The fourth-order valence-corrected chi connectivity index (χ4v) is 5.30. The van der Waals surface area contributed by atoms with Crippen LogP contribution >= 0.6 is 11.3 Å². The molecule has 0 aliphatic heterocycles. The average molecular weight is 472 g/mol. The second kappa shape index (κ2) is 9.82. The van der Waals surface area contributed by atoms with Gasteiger partial charge in [-0.15, -0.1) is 11.3 Å². The number of benzene rings is 1. The van der Waals surface area contributed by atoms with Crippen LogP contribution in [0.3, 0.4) is 0 Å². The molecule has 3 aromatic rings. The van der Waals surface area contributed by atoms with Crippen molar-refractivity contribution in [3.8, 4) is 0 Å². The zero-order chi connectivity index (χ0) is 23.5. The van der Waals surface area contributed by atoms with Gasteiger partial charge in [0.15, 0.2) is 6.10 Å². The van der Waals surface area contributed by atoms with Crippen molar-refractivity contribution in [1.29, 1.82) is 0 Å². The molecule has 0 unspecified atom stereocenters. The molecule has 0 radical (unpaired) electrons. The van der Waals surface area contributed by atoms with E-state index in [9.17, 15) is 18.8 Å². The number of esters is 1. The minimum absolute atomic E-state index is 0.00925. The first kappa shape index (κ1) is 23.1. The van der Waals surface area contributed by atoms with Crippen molar-refractivity contribution < 1.29 is 18.7 Å². The van der Waals surface area contributed by atoms with Crippen LogP contribution in [0.15, 0.2) is 29.1 Å². The smallest absolute Gasteiger partial charge is 0.307 e. The molecule has 33 heavy (non-hydrogen) atoms. The molecular weight excluding hydrogens is 445 g/mol. The van der Waals surface area contributed by atoms with E-state index in [0.29, 0.717) is 11.2 Å². The van der Waals surface area contributed by atoms with Crippen LogP contribution in [0.4, 0.5) is 4.39 Å². The number of hydrogen-bond acceptors (Lipinski definition) is 6. The summed E-state index contributed by atoms with van der Waals surface area (Å²) in [4.78, 5) is 46.5. The maximum absolute atomic E-state index is 13.1. The van der Waals surface area contributed by atoms with E-state index in [-0.39, 0.29) is 30.3 Å². The Labute approximate surface area is 194 Å². The van der Waals surface area contributed by atoms with Crippen LogP contribution in [0.1, 0.15) is 61.0 Å². The molecule has 174 valence electrons. The molecule has 0 saturated carbocycles. The summed E-state index contributed by atoms with van der Waals surface area (Å²) in [5.74, 6) is -0.920. The molecule has 1 aliphatic carbocycles. The summed E-state index contributed by atoms with van der Waals surface area (Å²) in [7, 11) is 0. The maximum atomic E-state index is 13.1. The SMILES string of the molecule is C[C@H](NC(=O)[C@@H](C)OC(=O)CCc1nc2sc3c(c2c(=O)[nH]1)CCCC3)c1ccc(F)cc1. The topological polar surface area (TPSA) is 101 Å². The first-order valence-corrected chi connectivity index (χ1v) is 11.9. The summed E-state index contributed by atoms with van der Waals surface area (Å²) >= 11 is 1.56. The second-order valence-corrected chi connectivity index (χ2v) is 9.40. The molecule has 0 spiro atoms. The monoisotopic (exact) mass is 471 g/mol. The molecule has 2 N–H and O–H groups in total. The van der Waals surface area contributed by atoms with Gasteiger partial charge in [-0.3, -0.25) is 14.4 Å². The quantitative estimate of drug-likeness (QED) is 0.511. The molecule has 1 aromatic carbocycles. The van der Waals surface area contributed by atoms with Crippen molar-refractivity contribution in [3.63, 3.8) is 0 Å². The second-order valence-electron chi connectivity index (χ2n) is 8.32. The van der Waals surface area contributed by atoms with E-state index in [0.717, 1.165) is 41.6 Å². The van der Waals surface area contributed by atoms with Crippen molar-refractivity contribution in [3.05, 3.63) is 62.3 Å². The summed E-state index contributed by atoms with van der Waals surface area (Å²) in [5, 5.41) is 3.43. The van der Waals surface area contributed by atoms with Crippen LogP contribution in [0.5, 0.6) is 0 Å². The first-order valence-electron chi connectivity index (χ1n) is 11.1. The van der Waals surface area contributed by atoms with E-state index < -0.39 is 18.0 Å². The molecule has 7 nitrogen and oxygen atoms in total. The lowest BCUT2D eigenvalue weighted by molar-refractivity contribution is -0.155. The zero-order valence-corrected chi connectivity index (χ0v) is 19.4. The first-order chi connectivity index (χ1) is 15.8. The highest BCUT2D eigenvalue weighted by Gasteiger charge is 2.22. The van der Waals surface area contributed by atoms with E-state index in [2.05, 4.69) is 15.3 Å². The van der Waals surface area contributed by atoms with Gasteiger partial charge in [-0.1, -0.05) is 12.1 Å². The molecular formula is C24H26FN3O4S. The average Bonchev–Trinajstić information content (AvgIpc) is 3.17. The molecule has 0 fully saturated rings. The van der Waals surface area contributed by atoms with Crippen molar-refractivity contribution >= 4 is 33.4 Å². The van der Waals surface area contributed by atoms with Gasteiger partial charge in [0.2, 0.25) is 0 Å². The van der Waals surface area contributed by atoms with Gasteiger partial charge in [-0.25, -0.2) is 9.37 Å². The summed E-state index contributed by atoms with van der Waals surface area (Å²) in [6.45, 7) is 3.26. The van der Waals surface area contributed by atoms with Crippen LogP contribution < -0.4 is 10.9 Å². The Hall–Kier alpha value is -3.07. The zero-order valence-electron chi connectivity index (χ0n) is 18.6. The van der Waals surface area contributed by atoms with Crippen LogP contribution in [0, 0.1) is 5.82 Å². The number of rotatable bonds is 7. The van der Waals surface area contributed by atoms with E-state index >= 15 is 0 Å². The Bertz CT molecular complexity index is 1230. The third kappa shape index (κ3) is 5.30. The Morgan fingerprint density at radius 1 is 1.21 bits per heavy atom. The molecule has 2 heterocycles. The Morgan fingerprint density at radius 2 is 1.94 bits per heavy atom. The lowest BCUT2D eigenvalue weighted by Crippen LogP contribution is -2.37. The van der Waals surface area contributed by atoms with Gasteiger partial charge in [0, 0.05) is 11.3 Å². The molecule has 9 heteroatoms. The molecule has 4 rings (SSSR count). The number of fused-ring (bicyclic) bond motifs is 3. The summed E-state index contributed by atoms with van der Waals surface area (Å²) in [6, 6.07) is 5.46. The number of carbonyl (C=O) groups excluding carboxylic acids is 2. The normalized spacial score (nSPS) is 15.0. The number of amides is 1.